The van der Waals surface area contributed by atoms with Gasteiger partial charge in [0.2, 0.25) is 0 Å². The minimum absolute atomic E-state index is 0.552. The zero-order valence-electron chi connectivity index (χ0n) is 11.6. The van der Waals surface area contributed by atoms with Crippen LogP contribution in [0.25, 0.3) is 0 Å². The molecule has 1 unspecified atom stereocenters. The minimum Gasteiger partial charge on any atom is -0.383 e. The average Bonchev–Trinajstić information content (AvgIpc) is 2.38. The summed E-state index contributed by atoms with van der Waals surface area (Å²) in [6, 6.07) is 9.43. The summed E-state index contributed by atoms with van der Waals surface area (Å²) >= 11 is 0. The molecule has 1 aromatic rings. The number of fused-ring (bicyclic) bond motifs is 1. The molecule has 18 heavy (non-hydrogen) atoms. The van der Waals surface area contributed by atoms with Gasteiger partial charge >= 0.3 is 0 Å². The molecule has 0 amide bonds. The van der Waals surface area contributed by atoms with E-state index < -0.39 is 0 Å². The van der Waals surface area contributed by atoms with Crippen molar-refractivity contribution in [2.75, 3.05) is 25.0 Å². The first kappa shape index (κ1) is 12.0. The van der Waals surface area contributed by atoms with Gasteiger partial charge in [-0.2, -0.15) is 0 Å². The molecule has 2 nitrogen and oxygen atoms in total. The van der Waals surface area contributed by atoms with Crippen LogP contribution in [0.3, 0.4) is 0 Å². The molecule has 2 aliphatic rings. The maximum absolute atomic E-state index is 3.59. The Bertz CT molecular complexity index is 415. The lowest BCUT2D eigenvalue weighted by atomic mass is 9.82. The number of piperidine rings is 1. The fourth-order valence-electron chi connectivity index (χ4n) is 3.18. The number of likely N-dealkylation sites (tertiary alicyclic amines) is 1. The molecule has 1 fully saturated rings. The molecule has 0 radical (unpaired) electrons. The van der Waals surface area contributed by atoms with Gasteiger partial charge in [0.25, 0.3) is 0 Å². The van der Waals surface area contributed by atoms with Crippen LogP contribution in [0.5, 0.6) is 0 Å². The number of hydrogen-bond donors (Lipinski definition) is 1. The largest absolute Gasteiger partial charge is 0.383 e. The summed E-state index contributed by atoms with van der Waals surface area (Å²) in [5.74, 6) is 0. The van der Waals surface area contributed by atoms with Crippen molar-refractivity contribution in [1.29, 1.82) is 0 Å². The summed E-state index contributed by atoms with van der Waals surface area (Å²) in [6.07, 6.45) is 3.89. The lowest BCUT2D eigenvalue weighted by Gasteiger charge is -2.42. The third kappa shape index (κ3) is 2.39. The molecule has 0 spiro atoms. The van der Waals surface area contributed by atoms with E-state index in [-0.39, 0.29) is 0 Å². The summed E-state index contributed by atoms with van der Waals surface area (Å²) < 4.78 is 0. The van der Waals surface area contributed by atoms with Crippen LogP contribution in [0.2, 0.25) is 0 Å². The van der Waals surface area contributed by atoms with E-state index in [1.54, 1.807) is 0 Å². The number of anilines is 1. The monoisotopic (exact) mass is 244 g/mol. The Morgan fingerprint density at radius 1 is 1.17 bits per heavy atom. The van der Waals surface area contributed by atoms with E-state index in [2.05, 4.69) is 48.3 Å². The van der Waals surface area contributed by atoms with Gasteiger partial charge in [-0.15, -0.1) is 0 Å². The lowest BCUT2D eigenvalue weighted by molar-refractivity contribution is 0.0968. The highest BCUT2D eigenvalue weighted by atomic mass is 15.2. The van der Waals surface area contributed by atoms with Crippen molar-refractivity contribution in [3.8, 4) is 0 Å². The first-order chi connectivity index (χ1) is 8.64. The molecule has 0 bridgehead atoms. The Kier molecular flexibility index (Phi) is 3.06. The molecule has 0 aliphatic carbocycles. The van der Waals surface area contributed by atoms with Gasteiger partial charge in [0, 0.05) is 18.3 Å². The Morgan fingerprint density at radius 2 is 1.89 bits per heavy atom. The van der Waals surface area contributed by atoms with E-state index in [1.165, 1.54) is 43.6 Å². The van der Waals surface area contributed by atoms with Gasteiger partial charge in [0.05, 0.1) is 0 Å². The zero-order chi connectivity index (χ0) is 12.6. The first-order valence-corrected chi connectivity index (χ1v) is 7.20. The van der Waals surface area contributed by atoms with Crippen LogP contribution in [0.4, 0.5) is 5.69 Å². The van der Waals surface area contributed by atoms with Crippen LogP contribution in [0, 0.1) is 5.41 Å². The summed E-state index contributed by atoms with van der Waals surface area (Å²) in [5, 5.41) is 3.59. The van der Waals surface area contributed by atoms with Crippen LogP contribution in [-0.4, -0.2) is 30.6 Å². The first-order valence-electron chi connectivity index (χ1n) is 7.20. The Labute approximate surface area is 110 Å². The molecule has 0 aromatic heterocycles. The SMILES string of the molecule is CC1(C)CCN(C2CNc3ccccc3C2)CC1. The molecule has 98 valence electrons. The lowest BCUT2D eigenvalue weighted by Crippen LogP contribution is -2.48. The van der Waals surface area contributed by atoms with E-state index in [4.69, 9.17) is 0 Å². The summed E-state index contributed by atoms with van der Waals surface area (Å²) in [7, 11) is 0. The van der Waals surface area contributed by atoms with Crippen molar-refractivity contribution < 1.29 is 0 Å². The Balaban J connectivity index is 1.66. The van der Waals surface area contributed by atoms with Crippen LogP contribution in [-0.2, 0) is 6.42 Å². The second kappa shape index (κ2) is 4.58. The summed E-state index contributed by atoms with van der Waals surface area (Å²) in [5.41, 5.74) is 3.38. The van der Waals surface area contributed by atoms with E-state index in [0.29, 0.717) is 11.5 Å². The molecule has 3 rings (SSSR count). The maximum atomic E-state index is 3.59. The number of hydrogen-bond acceptors (Lipinski definition) is 2. The maximum Gasteiger partial charge on any atom is 0.0373 e. The highest BCUT2D eigenvalue weighted by molar-refractivity contribution is 5.53. The van der Waals surface area contributed by atoms with Gasteiger partial charge in [0.15, 0.2) is 0 Å². The number of para-hydroxylation sites is 1. The van der Waals surface area contributed by atoms with E-state index in [9.17, 15) is 0 Å². The van der Waals surface area contributed by atoms with Gasteiger partial charge in [-0.05, 0) is 49.4 Å². The number of nitrogens with zero attached hydrogens (tertiary/aromatic N) is 1. The van der Waals surface area contributed by atoms with E-state index >= 15 is 0 Å². The highest BCUT2D eigenvalue weighted by Gasteiger charge is 2.30. The number of rotatable bonds is 1. The van der Waals surface area contributed by atoms with Crippen LogP contribution < -0.4 is 5.32 Å². The zero-order valence-corrected chi connectivity index (χ0v) is 11.6. The van der Waals surface area contributed by atoms with Crippen molar-refractivity contribution in [1.82, 2.24) is 4.90 Å². The molecule has 1 N–H and O–H groups in total. The molecule has 1 atom stereocenters. The highest BCUT2D eigenvalue weighted by Crippen LogP contribution is 2.32. The van der Waals surface area contributed by atoms with Crippen LogP contribution >= 0.6 is 0 Å². The standard InChI is InChI=1S/C16H24N2/c1-16(2)7-9-18(10-8-16)14-11-13-5-3-4-6-15(13)17-12-14/h3-6,14,17H,7-12H2,1-2H3. The van der Waals surface area contributed by atoms with Gasteiger partial charge in [-0.1, -0.05) is 32.0 Å². The third-order valence-corrected chi connectivity index (χ3v) is 4.67. The topological polar surface area (TPSA) is 15.3 Å². The fourth-order valence-corrected chi connectivity index (χ4v) is 3.18. The normalized spacial score (nSPS) is 27.3. The predicted molar refractivity (Wildman–Crippen MR) is 77.0 cm³/mol. The second-order valence-corrected chi connectivity index (χ2v) is 6.60. The average molecular weight is 244 g/mol. The molecule has 1 saturated heterocycles. The summed E-state index contributed by atoms with van der Waals surface area (Å²) in [4.78, 5) is 2.69. The van der Waals surface area contributed by atoms with Crippen molar-refractivity contribution in [2.45, 2.75) is 39.2 Å². The van der Waals surface area contributed by atoms with Crippen molar-refractivity contribution in [3.05, 3.63) is 29.8 Å². The van der Waals surface area contributed by atoms with Crippen molar-refractivity contribution in [3.63, 3.8) is 0 Å². The van der Waals surface area contributed by atoms with Gasteiger partial charge in [0.1, 0.15) is 0 Å². The molecular formula is C16H24N2. The van der Waals surface area contributed by atoms with E-state index in [0.717, 1.165) is 6.54 Å². The van der Waals surface area contributed by atoms with Crippen molar-refractivity contribution in [2.24, 2.45) is 5.41 Å². The van der Waals surface area contributed by atoms with Crippen LogP contribution in [0.1, 0.15) is 32.3 Å². The van der Waals surface area contributed by atoms with Gasteiger partial charge in [-0.25, -0.2) is 0 Å². The second-order valence-electron chi connectivity index (χ2n) is 6.60. The fraction of sp³-hybridized carbons (Fsp3) is 0.625. The summed E-state index contributed by atoms with van der Waals surface area (Å²) in [6.45, 7) is 8.44. The third-order valence-electron chi connectivity index (χ3n) is 4.67. The molecule has 1 aromatic carbocycles. The minimum atomic E-state index is 0.552. The molecular weight excluding hydrogens is 220 g/mol. The Morgan fingerprint density at radius 3 is 2.67 bits per heavy atom. The molecule has 2 heteroatoms. The molecule has 2 aliphatic heterocycles. The number of benzene rings is 1. The van der Waals surface area contributed by atoms with Gasteiger partial charge < -0.3 is 5.32 Å². The van der Waals surface area contributed by atoms with Gasteiger partial charge in [-0.3, -0.25) is 4.90 Å². The molecule has 0 saturated carbocycles. The quantitative estimate of drug-likeness (QED) is 0.816. The van der Waals surface area contributed by atoms with Crippen molar-refractivity contribution >= 4 is 5.69 Å². The number of nitrogens with one attached hydrogen (secondary N) is 1. The predicted octanol–water partition coefficient (Wildman–Crippen LogP) is 3.15. The van der Waals surface area contributed by atoms with E-state index in [1.807, 2.05) is 0 Å². The van der Waals surface area contributed by atoms with Crippen LogP contribution in [0.15, 0.2) is 24.3 Å². The molecule has 2 heterocycles. The smallest absolute Gasteiger partial charge is 0.0373 e. The Hall–Kier alpha value is -1.02.